The number of thiophene rings is 1. The molecule has 0 saturated heterocycles. The van der Waals surface area contributed by atoms with Gasteiger partial charge < -0.3 is 5.32 Å². The van der Waals surface area contributed by atoms with E-state index in [1.54, 1.807) is 0 Å². The lowest BCUT2D eigenvalue weighted by Crippen LogP contribution is -2.34. The minimum atomic E-state index is 0.438. The lowest BCUT2D eigenvalue weighted by atomic mass is 9.95. The van der Waals surface area contributed by atoms with E-state index >= 15 is 0 Å². The molecule has 0 bridgehead atoms. The highest BCUT2D eigenvalue weighted by molar-refractivity contribution is 7.19. The second-order valence-corrected chi connectivity index (χ2v) is 6.56. The normalized spacial score (nSPS) is 15.0. The second kappa shape index (κ2) is 6.53. The van der Waals surface area contributed by atoms with Crippen molar-refractivity contribution in [1.82, 2.24) is 5.32 Å². The van der Waals surface area contributed by atoms with E-state index in [4.69, 9.17) is 0 Å². The minimum Gasteiger partial charge on any atom is -0.307 e. The molecule has 2 atom stereocenters. The molecule has 0 aliphatic heterocycles. The van der Waals surface area contributed by atoms with Gasteiger partial charge in [-0.15, -0.1) is 11.3 Å². The summed E-state index contributed by atoms with van der Waals surface area (Å²) in [6.07, 6.45) is 2.51. The molecule has 0 amide bonds. The molecule has 0 saturated carbocycles. The number of nitrogens with one attached hydrogen (secondary N) is 1. The van der Waals surface area contributed by atoms with E-state index in [9.17, 15) is 0 Å². The maximum absolute atomic E-state index is 3.77. The highest BCUT2D eigenvalue weighted by Crippen LogP contribution is 2.30. The first kappa shape index (κ1) is 14.5. The number of benzene rings is 1. The Hall–Kier alpha value is -0.860. The molecule has 1 nitrogen and oxygen atoms in total. The largest absolute Gasteiger partial charge is 0.307 e. The average Bonchev–Trinajstić information content (AvgIpc) is 2.84. The molecular formula is C17H25NS. The van der Waals surface area contributed by atoms with Gasteiger partial charge in [0.2, 0.25) is 0 Å². The summed E-state index contributed by atoms with van der Waals surface area (Å²) in [4.78, 5) is 1.44. The Morgan fingerprint density at radius 3 is 2.42 bits per heavy atom. The Bertz CT molecular complexity index is 480. The zero-order chi connectivity index (χ0) is 13.8. The van der Waals surface area contributed by atoms with E-state index in [-0.39, 0.29) is 0 Å². The van der Waals surface area contributed by atoms with Crippen molar-refractivity contribution in [2.75, 3.05) is 0 Å². The highest BCUT2D eigenvalue weighted by Gasteiger charge is 2.17. The fourth-order valence-electron chi connectivity index (χ4n) is 2.82. The maximum atomic E-state index is 3.77. The van der Waals surface area contributed by atoms with Crippen molar-refractivity contribution in [3.8, 4) is 0 Å². The third kappa shape index (κ3) is 3.37. The first-order valence-corrected chi connectivity index (χ1v) is 8.21. The molecule has 104 valence electrons. The minimum absolute atomic E-state index is 0.438. The molecule has 2 unspecified atom stereocenters. The molecule has 0 radical (unpaired) electrons. The molecule has 0 aliphatic carbocycles. The van der Waals surface area contributed by atoms with E-state index in [0.29, 0.717) is 12.1 Å². The van der Waals surface area contributed by atoms with E-state index in [1.165, 1.54) is 27.8 Å². The van der Waals surface area contributed by atoms with E-state index in [2.05, 4.69) is 63.3 Å². The third-order valence-corrected chi connectivity index (χ3v) is 5.44. The molecule has 0 aliphatic rings. The van der Waals surface area contributed by atoms with Crippen LogP contribution in [-0.2, 0) is 0 Å². The smallest absolute Gasteiger partial charge is 0.0388 e. The summed E-state index contributed by atoms with van der Waals surface area (Å²) in [5.41, 5.74) is 0. The van der Waals surface area contributed by atoms with Gasteiger partial charge in [0.1, 0.15) is 0 Å². The van der Waals surface area contributed by atoms with Crippen LogP contribution in [0.4, 0.5) is 0 Å². The Morgan fingerprint density at radius 2 is 1.79 bits per heavy atom. The van der Waals surface area contributed by atoms with Crippen molar-refractivity contribution >= 4 is 21.4 Å². The summed E-state index contributed by atoms with van der Waals surface area (Å²) in [7, 11) is 0. The zero-order valence-electron chi connectivity index (χ0n) is 12.4. The quantitative estimate of drug-likeness (QED) is 0.746. The lowest BCUT2D eigenvalue weighted by molar-refractivity contribution is 0.331. The first-order valence-electron chi connectivity index (χ1n) is 7.40. The predicted octanol–water partition coefficient (Wildman–Crippen LogP) is 5.38. The van der Waals surface area contributed by atoms with Crippen LogP contribution in [0.15, 0.2) is 30.3 Å². The van der Waals surface area contributed by atoms with Gasteiger partial charge in [0.05, 0.1) is 0 Å². The molecule has 1 aromatic heterocycles. The van der Waals surface area contributed by atoms with Gasteiger partial charge >= 0.3 is 0 Å². The van der Waals surface area contributed by atoms with E-state index < -0.39 is 0 Å². The molecule has 0 fully saturated rings. The fourth-order valence-corrected chi connectivity index (χ4v) is 3.90. The average molecular weight is 275 g/mol. The SMILES string of the molecule is CCC(CC)C(C)NC(C)c1cc2ccccc2s1. The maximum Gasteiger partial charge on any atom is 0.0388 e. The van der Waals surface area contributed by atoms with Crippen LogP contribution < -0.4 is 5.32 Å². The van der Waals surface area contributed by atoms with Gasteiger partial charge in [-0.1, -0.05) is 44.9 Å². The van der Waals surface area contributed by atoms with Crippen LogP contribution in [-0.4, -0.2) is 6.04 Å². The summed E-state index contributed by atoms with van der Waals surface area (Å²) in [5, 5.41) is 5.14. The lowest BCUT2D eigenvalue weighted by Gasteiger charge is -2.26. The van der Waals surface area contributed by atoms with Crippen LogP contribution in [0.3, 0.4) is 0 Å². The fraction of sp³-hybridized carbons (Fsp3) is 0.529. The van der Waals surface area contributed by atoms with Gasteiger partial charge in [-0.25, -0.2) is 0 Å². The molecule has 1 N–H and O–H groups in total. The van der Waals surface area contributed by atoms with Crippen LogP contribution in [0.25, 0.3) is 10.1 Å². The summed E-state index contributed by atoms with van der Waals surface area (Å²) < 4.78 is 1.39. The molecule has 1 heterocycles. The monoisotopic (exact) mass is 275 g/mol. The number of fused-ring (bicyclic) bond motifs is 1. The van der Waals surface area contributed by atoms with Crippen LogP contribution in [0.1, 0.15) is 51.5 Å². The Kier molecular flexibility index (Phi) is 5.00. The number of hydrogen-bond acceptors (Lipinski definition) is 2. The van der Waals surface area contributed by atoms with Gasteiger partial charge in [-0.05, 0) is 37.3 Å². The standard InChI is InChI=1S/C17H25NS/c1-5-14(6-2)12(3)18-13(4)17-11-15-9-7-8-10-16(15)19-17/h7-14,18H,5-6H2,1-4H3. The molecule has 2 rings (SSSR count). The Balaban J connectivity index is 2.08. The summed E-state index contributed by atoms with van der Waals surface area (Å²) in [6.45, 7) is 9.18. The molecule has 2 heteroatoms. The van der Waals surface area contributed by atoms with Crippen LogP contribution >= 0.6 is 11.3 Å². The van der Waals surface area contributed by atoms with E-state index in [0.717, 1.165) is 5.92 Å². The van der Waals surface area contributed by atoms with E-state index in [1.807, 2.05) is 11.3 Å². The Labute approximate surface area is 121 Å². The molecule has 1 aromatic carbocycles. The second-order valence-electron chi connectivity index (χ2n) is 5.44. The van der Waals surface area contributed by atoms with Gasteiger partial charge in [0.25, 0.3) is 0 Å². The van der Waals surface area contributed by atoms with Crippen molar-refractivity contribution in [3.05, 3.63) is 35.2 Å². The van der Waals surface area contributed by atoms with Crippen LogP contribution in [0.2, 0.25) is 0 Å². The molecule has 19 heavy (non-hydrogen) atoms. The highest BCUT2D eigenvalue weighted by atomic mass is 32.1. The van der Waals surface area contributed by atoms with Crippen molar-refractivity contribution in [1.29, 1.82) is 0 Å². The van der Waals surface area contributed by atoms with Crippen molar-refractivity contribution in [3.63, 3.8) is 0 Å². The van der Waals surface area contributed by atoms with Gasteiger partial charge in [0, 0.05) is 21.7 Å². The van der Waals surface area contributed by atoms with Crippen LogP contribution in [0, 0.1) is 5.92 Å². The van der Waals surface area contributed by atoms with Crippen molar-refractivity contribution < 1.29 is 0 Å². The number of rotatable bonds is 6. The summed E-state index contributed by atoms with van der Waals surface area (Å²) >= 11 is 1.91. The van der Waals surface area contributed by atoms with Gasteiger partial charge in [0.15, 0.2) is 0 Å². The third-order valence-electron chi connectivity index (χ3n) is 4.14. The number of hydrogen-bond donors (Lipinski definition) is 1. The van der Waals surface area contributed by atoms with Crippen molar-refractivity contribution in [2.45, 2.75) is 52.6 Å². The summed E-state index contributed by atoms with van der Waals surface area (Å²) in [5.74, 6) is 0.775. The Morgan fingerprint density at radius 1 is 1.11 bits per heavy atom. The zero-order valence-corrected chi connectivity index (χ0v) is 13.3. The molecule has 0 spiro atoms. The predicted molar refractivity (Wildman–Crippen MR) is 86.9 cm³/mol. The molecule has 2 aromatic rings. The topological polar surface area (TPSA) is 12.0 Å². The van der Waals surface area contributed by atoms with Crippen molar-refractivity contribution in [2.24, 2.45) is 5.92 Å². The van der Waals surface area contributed by atoms with Gasteiger partial charge in [-0.3, -0.25) is 0 Å². The van der Waals surface area contributed by atoms with Crippen LogP contribution in [0.5, 0.6) is 0 Å². The first-order chi connectivity index (χ1) is 9.15. The summed E-state index contributed by atoms with van der Waals surface area (Å²) in [6, 6.07) is 12.0. The molecular weight excluding hydrogens is 250 g/mol. The van der Waals surface area contributed by atoms with Gasteiger partial charge in [-0.2, -0.15) is 0 Å².